The molecule has 0 atom stereocenters. The molecule has 2 aromatic carbocycles. The molecule has 1 amide bonds. The number of hydrogen-bond donors (Lipinski definition) is 2. The number of carbonyl (C=O) groups is 1. The van der Waals surface area contributed by atoms with Gasteiger partial charge in [0.2, 0.25) is 15.9 Å². The number of halogens is 2. The summed E-state index contributed by atoms with van der Waals surface area (Å²) in [4.78, 5) is 11.8. The number of carbonyl (C=O) groups excluding carboxylic acids is 1. The van der Waals surface area contributed by atoms with E-state index in [1.807, 2.05) is 6.92 Å². The summed E-state index contributed by atoms with van der Waals surface area (Å²) < 4.78 is 58.1. The van der Waals surface area contributed by atoms with E-state index >= 15 is 0 Å². The normalized spacial score (nSPS) is 11.2. The molecule has 0 saturated heterocycles. The van der Waals surface area contributed by atoms with Gasteiger partial charge in [0.1, 0.15) is 17.4 Å². The molecule has 6 nitrogen and oxygen atoms in total. The van der Waals surface area contributed by atoms with Crippen molar-refractivity contribution in [2.24, 2.45) is 0 Å². The summed E-state index contributed by atoms with van der Waals surface area (Å²) in [7, 11) is -3.78. The van der Waals surface area contributed by atoms with Crippen LogP contribution in [0.25, 0.3) is 0 Å². The highest BCUT2D eigenvalue weighted by Gasteiger charge is 2.15. The summed E-state index contributed by atoms with van der Waals surface area (Å²) in [5.41, 5.74) is -0.175. The molecule has 0 heterocycles. The first kappa shape index (κ1) is 19.8. The van der Waals surface area contributed by atoms with Gasteiger partial charge in [-0.3, -0.25) is 4.79 Å². The zero-order chi connectivity index (χ0) is 19.2. The fourth-order valence-electron chi connectivity index (χ4n) is 2.07. The van der Waals surface area contributed by atoms with Crippen LogP contribution < -0.4 is 14.8 Å². The maximum absolute atomic E-state index is 13.5. The van der Waals surface area contributed by atoms with Crippen molar-refractivity contribution in [1.82, 2.24) is 4.72 Å². The largest absolute Gasteiger partial charge is 0.494 e. The van der Waals surface area contributed by atoms with Crippen molar-refractivity contribution in [3.05, 3.63) is 54.1 Å². The Balaban J connectivity index is 1.88. The SMILES string of the molecule is CCOc1ccc(S(=O)(=O)NCCC(=O)Nc2ccc(F)cc2F)cc1. The lowest BCUT2D eigenvalue weighted by Crippen LogP contribution is -2.28. The van der Waals surface area contributed by atoms with E-state index in [2.05, 4.69) is 10.0 Å². The van der Waals surface area contributed by atoms with Gasteiger partial charge < -0.3 is 10.1 Å². The Labute approximate surface area is 150 Å². The third-order valence-corrected chi connectivity index (χ3v) is 4.77. The molecule has 0 bridgehead atoms. The lowest BCUT2D eigenvalue weighted by atomic mass is 10.3. The molecule has 0 aromatic heterocycles. The van der Waals surface area contributed by atoms with Gasteiger partial charge in [-0.05, 0) is 43.3 Å². The van der Waals surface area contributed by atoms with Crippen molar-refractivity contribution in [3.63, 3.8) is 0 Å². The molecule has 2 N–H and O–H groups in total. The van der Waals surface area contributed by atoms with Crippen LogP contribution in [-0.2, 0) is 14.8 Å². The monoisotopic (exact) mass is 384 g/mol. The van der Waals surface area contributed by atoms with E-state index in [4.69, 9.17) is 4.74 Å². The van der Waals surface area contributed by atoms with Crippen molar-refractivity contribution in [2.75, 3.05) is 18.5 Å². The van der Waals surface area contributed by atoms with Gasteiger partial charge in [-0.1, -0.05) is 0 Å². The quantitative estimate of drug-likeness (QED) is 0.733. The Bertz CT molecular complexity index is 871. The molecule has 0 aliphatic heterocycles. The molecule has 0 unspecified atom stereocenters. The van der Waals surface area contributed by atoms with Crippen LogP contribution in [0.4, 0.5) is 14.5 Å². The maximum atomic E-state index is 13.5. The summed E-state index contributed by atoms with van der Waals surface area (Å²) >= 11 is 0. The molecule has 0 saturated carbocycles. The van der Waals surface area contributed by atoms with E-state index in [0.29, 0.717) is 18.4 Å². The molecule has 0 radical (unpaired) electrons. The van der Waals surface area contributed by atoms with Crippen LogP contribution in [0.15, 0.2) is 47.4 Å². The second-order valence-electron chi connectivity index (χ2n) is 5.22. The smallest absolute Gasteiger partial charge is 0.240 e. The van der Waals surface area contributed by atoms with Crippen molar-refractivity contribution >= 4 is 21.6 Å². The highest BCUT2D eigenvalue weighted by molar-refractivity contribution is 7.89. The van der Waals surface area contributed by atoms with E-state index in [0.717, 1.165) is 12.1 Å². The molecule has 2 aromatic rings. The predicted octanol–water partition coefficient (Wildman–Crippen LogP) is 2.67. The van der Waals surface area contributed by atoms with E-state index in [1.54, 1.807) is 0 Å². The van der Waals surface area contributed by atoms with Gasteiger partial charge in [0, 0.05) is 19.0 Å². The summed E-state index contributed by atoms with van der Waals surface area (Å²) in [6.07, 6.45) is -0.215. The second kappa shape index (κ2) is 8.72. The first-order chi connectivity index (χ1) is 12.3. The van der Waals surface area contributed by atoms with Gasteiger partial charge in [0.25, 0.3) is 0 Å². The van der Waals surface area contributed by atoms with Crippen molar-refractivity contribution in [2.45, 2.75) is 18.2 Å². The molecular weight excluding hydrogens is 366 g/mol. The maximum Gasteiger partial charge on any atom is 0.240 e. The number of anilines is 1. The van der Waals surface area contributed by atoms with Crippen LogP contribution in [0.2, 0.25) is 0 Å². The zero-order valence-corrected chi connectivity index (χ0v) is 14.8. The van der Waals surface area contributed by atoms with Gasteiger partial charge in [-0.25, -0.2) is 21.9 Å². The Kier molecular flexibility index (Phi) is 6.64. The van der Waals surface area contributed by atoms with Gasteiger partial charge in [-0.2, -0.15) is 0 Å². The molecule has 0 aliphatic carbocycles. The number of sulfonamides is 1. The van der Waals surface area contributed by atoms with E-state index in [-0.39, 0.29) is 23.5 Å². The molecule has 0 spiro atoms. The number of hydrogen-bond acceptors (Lipinski definition) is 4. The lowest BCUT2D eigenvalue weighted by molar-refractivity contribution is -0.116. The molecule has 26 heavy (non-hydrogen) atoms. The fraction of sp³-hybridized carbons (Fsp3) is 0.235. The minimum Gasteiger partial charge on any atom is -0.494 e. The Morgan fingerprint density at radius 3 is 2.42 bits per heavy atom. The average Bonchev–Trinajstić information content (AvgIpc) is 2.58. The summed E-state index contributed by atoms with van der Waals surface area (Å²) in [5.74, 6) is -1.73. The van der Waals surface area contributed by atoms with Gasteiger partial charge in [0.05, 0.1) is 17.2 Å². The van der Waals surface area contributed by atoms with Gasteiger partial charge >= 0.3 is 0 Å². The highest BCUT2D eigenvalue weighted by atomic mass is 32.2. The van der Waals surface area contributed by atoms with Crippen molar-refractivity contribution in [3.8, 4) is 5.75 Å². The summed E-state index contributed by atoms with van der Waals surface area (Å²) in [6.45, 7) is 2.10. The first-order valence-corrected chi connectivity index (χ1v) is 9.27. The fourth-order valence-corrected chi connectivity index (χ4v) is 3.10. The summed E-state index contributed by atoms with van der Waals surface area (Å²) in [5, 5.41) is 2.25. The van der Waals surface area contributed by atoms with Crippen molar-refractivity contribution < 1.29 is 26.7 Å². The predicted molar refractivity (Wildman–Crippen MR) is 92.4 cm³/mol. The third-order valence-electron chi connectivity index (χ3n) is 3.29. The minimum atomic E-state index is -3.78. The van der Waals surface area contributed by atoms with E-state index in [1.165, 1.54) is 24.3 Å². The molecule has 2 rings (SSSR count). The molecule has 0 aliphatic rings. The first-order valence-electron chi connectivity index (χ1n) is 7.79. The number of benzene rings is 2. The number of amides is 1. The second-order valence-corrected chi connectivity index (χ2v) is 6.99. The van der Waals surface area contributed by atoms with E-state index in [9.17, 15) is 22.0 Å². The van der Waals surface area contributed by atoms with E-state index < -0.39 is 27.6 Å². The Morgan fingerprint density at radius 1 is 1.12 bits per heavy atom. The Morgan fingerprint density at radius 2 is 1.81 bits per heavy atom. The topological polar surface area (TPSA) is 84.5 Å². The minimum absolute atomic E-state index is 0.0333. The Hall–Kier alpha value is -2.52. The van der Waals surface area contributed by atoms with Crippen LogP contribution in [0, 0.1) is 11.6 Å². The summed E-state index contributed by atoms with van der Waals surface area (Å²) in [6, 6.07) is 8.58. The van der Waals surface area contributed by atoms with Crippen LogP contribution in [0.3, 0.4) is 0 Å². The number of nitrogens with one attached hydrogen (secondary N) is 2. The molecule has 140 valence electrons. The highest BCUT2D eigenvalue weighted by Crippen LogP contribution is 2.16. The third kappa shape index (κ3) is 5.50. The molecular formula is C17H18F2N2O4S. The van der Waals surface area contributed by atoms with Gasteiger partial charge in [-0.15, -0.1) is 0 Å². The number of ether oxygens (including phenoxy) is 1. The van der Waals surface area contributed by atoms with Crippen molar-refractivity contribution in [1.29, 1.82) is 0 Å². The standard InChI is InChI=1S/C17H18F2N2O4S/c1-2-25-13-4-6-14(7-5-13)26(23,24)20-10-9-17(22)21-16-8-3-12(18)11-15(16)19/h3-8,11,20H,2,9-10H2,1H3,(H,21,22). The van der Waals surface area contributed by atoms with Gasteiger partial charge in [0.15, 0.2) is 0 Å². The number of rotatable bonds is 8. The molecule has 0 fully saturated rings. The van der Waals surface area contributed by atoms with Crippen LogP contribution >= 0.6 is 0 Å². The van der Waals surface area contributed by atoms with Crippen LogP contribution in [0.5, 0.6) is 5.75 Å². The lowest BCUT2D eigenvalue weighted by Gasteiger charge is -2.09. The van der Waals surface area contributed by atoms with Crippen LogP contribution in [0.1, 0.15) is 13.3 Å². The molecule has 9 heteroatoms. The average molecular weight is 384 g/mol. The zero-order valence-electron chi connectivity index (χ0n) is 14.0. The van der Waals surface area contributed by atoms with Crippen LogP contribution in [-0.4, -0.2) is 27.5 Å².